The van der Waals surface area contributed by atoms with Crippen LogP contribution in [0.25, 0.3) is 0 Å². The smallest absolute Gasteiger partial charge is 0.328 e. The molecule has 1 aromatic rings. The molecule has 1 aromatic carbocycles. The molecule has 0 N–H and O–H groups in total. The number of carbonyl (C=O) groups is 1. The summed E-state index contributed by atoms with van der Waals surface area (Å²) in [5.41, 5.74) is 1.01. The summed E-state index contributed by atoms with van der Waals surface area (Å²) in [6.07, 6.45) is 0. The Balaban J connectivity index is 2.75. The second-order valence-corrected chi connectivity index (χ2v) is 3.15. The van der Waals surface area contributed by atoms with Crippen LogP contribution in [0.3, 0.4) is 0 Å². The van der Waals surface area contributed by atoms with Crippen molar-refractivity contribution in [1.82, 2.24) is 0 Å². The number of nitrogens with zero attached hydrogens (tertiary/aromatic N) is 1. The van der Waals surface area contributed by atoms with Crippen LogP contribution in [-0.2, 0) is 9.53 Å². The Morgan fingerprint density at radius 1 is 1.36 bits per heavy atom. The van der Waals surface area contributed by atoms with E-state index in [9.17, 15) is 4.79 Å². The van der Waals surface area contributed by atoms with Crippen molar-refractivity contribution in [1.29, 1.82) is 0 Å². The van der Waals surface area contributed by atoms with Crippen molar-refractivity contribution in [2.75, 3.05) is 19.1 Å². The molecule has 0 bridgehead atoms. The van der Waals surface area contributed by atoms with Crippen LogP contribution in [0.1, 0.15) is 6.92 Å². The number of anilines is 1. The van der Waals surface area contributed by atoms with Crippen LogP contribution in [-0.4, -0.2) is 26.2 Å². The van der Waals surface area contributed by atoms with E-state index in [1.165, 1.54) is 7.11 Å². The molecular weight excluding hydrogens is 178 g/mol. The molecule has 0 spiro atoms. The lowest BCUT2D eigenvalue weighted by molar-refractivity contribution is -0.141. The van der Waals surface area contributed by atoms with Gasteiger partial charge in [-0.1, -0.05) is 18.2 Å². The van der Waals surface area contributed by atoms with E-state index in [0.29, 0.717) is 0 Å². The van der Waals surface area contributed by atoms with E-state index in [0.717, 1.165) is 5.69 Å². The third kappa shape index (κ3) is 2.25. The molecular formula is C11H15NO2. The molecule has 3 nitrogen and oxygen atoms in total. The van der Waals surface area contributed by atoms with Gasteiger partial charge in [0, 0.05) is 12.7 Å². The molecule has 0 heterocycles. The molecule has 0 aliphatic heterocycles. The Bertz CT molecular complexity index is 297. The fourth-order valence-corrected chi connectivity index (χ4v) is 1.22. The number of rotatable bonds is 3. The number of ether oxygens (including phenoxy) is 1. The number of methoxy groups -OCH3 is 1. The summed E-state index contributed by atoms with van der Waals surface area (Å²) in [6.45, 7) is 1.82. The Morgan fingerprint density at radius 3 is 2.43 bits per heavy atom. The Morgan fingerprint density at radius 2 is 1.93 bits per heavy atom. The topological polar surface area (TPSA) is 29.5 Å². The highest BCUT2D eigenvalue weighted by atomic mass is 16.5. The molecule has 3 heteroatoms. The fraction of sp³-hybridized carbons (Fsp3) is 0.364. The number of carbonyl (C=O) groups excluding carboxylic acids is 1. The zero-order chi connectivity index (χ0) is 10.6. The van der Waals surface area contributed by atoms with Crippen molar-refractivity contribution >= 4 is 11.7 Å². The molecule has 1 unspecified atom stereocenters. The number of hydrogen-bond donors (Lipinski definition) is 0. The predicted molar refractivity (Wildman–Crippen MR) is 56.3 cm³/mol. The van der Waals surface area contributed by atoms with Gasteiger partial charge in [-0.3, -0.25) is 0 Å². The van der Waals surface area contributed by atoms with Gasteiger partial charge in [-0.2, -0.15) is 0 Å². The lowest BCUT2D eigenvalue weighted by Crippen LogP contribution is -2.36. The molecule has 76 valence electrons. The normalized spacial score (nSPS) is 11.9. The molecule has 14 heavy (non-hydrogen) atoms. The predicted octanol–water partition coefficient (Wildman–Crippen LogP) is 1.68. The monoisotopic (exact) mass is 193 g/mol. The van der Waals surface area contributed by atoms with Crippen LogP contribution >= 0.6 is 0 Å². The van der Waals surface area contributed by atoms with E-state index in [-0.39, 0.29) is 12.0 Å². The second-order valence-electron chi connectivity index (χ2n) is 3.15. The van der Waals surface area contributed by atoms with E-state index in [1.807, 2.05) is 49.2 Å². The maximum Gasteiger partial charge on any atom is 0.328 e. The largest absolute Gasteiger partial charge is 0.467 e. The first-order valence-corrected chi connectivity index (χ1v) is 4.52. The minimum atomic E-state index is -0.262. The van der Waals surface area contributed by atoms with Gasteiger partial charge in [0.1, 0.15) is 6.04 Å². The first kappa shape index (κ1) is 10.6. The summed E-state index contributed by atoms with van der Waals surface area (Å²) < 4.78 is 4.67. The van der Waals surface area contributed by atoms with E-state index in [1.54, 1.807) is 0 Å². The zero-order valence-electron chi connectivity index (χ0n) is 8.73. The molecule has 0 amide bonds. The van der Waals surface area contributed by atoms with Gasteiger partial charge in [0.15, 0.2) is 0 Å². The molecule has 0 fully saturated rings. The van der Waals surface area contributed by atoms with Crippen LogP contribution < -0.4 is 4.90 Å². The Kier molecular flexibility index (Phi) is 3.51. The Hall–Kier alpha value is -1.51. The van der Waals surface area contributed by atoms with Crippen LogP contribution in [0.5, 0.6) is 0 Å². The average molecular weight is 193 g/mol. The van der Waals surface area contributed by atoms with Gasteiger partial charge in [0.05, 0.1) is 7.11 Å². The maximum atomic E-state index is 11.3. The quantitative estimate of drug-likeness (QED) is 0.684. The number of likely N-dealkylation sites (N-methyl/N-ethyl adjacent to an activating group) is 1. The average Bonchev–Trinajstić information content (AvgIpc) is 2.27. The molecule has 0 aliphatic carbocycles. The highest BCUT2D eigenvalue weighted by molar-refractivity contribution is 5.79. The van der Waals surface area contributed by atoms with Gasteiger partial charge in [-0.05, 0) is 19.1 Å². The van der Waals surface area contributed by atoms with Crippen LogP contribution in [0.4, 0.5) is 5.69 Å². The van der Waals surface area contributed by atoms with E-state index < -0.39 is 0 Å². The van der Waals surface area contributed by atoms with Gasteiger partial charge in [-0.25, -0.2) is 4.79 Å². The third-order valence-corrected chi connectivity index (χ3v) is 2.29. The third-order valence-electron chi connectivity index (χ3n) is 2.29. The van der Waals surface area contributed by atoms with E-state index in [4.69, 9.17) is 0 Å². The van der Waals surface area contributed by atoms with Crippen molar-refractivity contribution < 1.29 is 9.53 Å². The van der Waals surface area contributed by atoms with Crippen molar-refractivity contribution in [3.05, 3.63) is 30.3 Å². The SMILES string of the molecule is COC(=O)C(C)N(C)c1ccccc1. The minimum absolute atomic E-state index is 0.226. The summed E-state index contributed by atoms with van der Waals surface area (Å²) in [7, 11) is 3.27. The molecule has 0 radical (unpaired) electrons. The number of esters is 1. The van der Waals surface area contributed by atoms with Gasteiger partial charge in [-0.15, -0.1) is 0 Å². The van der Waals surface area contributed by atoms with Crippen molar-refractivity contribution in [3.8, 4) is 0 Å². The summed E-state index contributed by atoms with van der Waals surface area (Å²) in [6, 6.07) is 9.48. The van der Waals surface area contributed by atoms with Gasteiger partial charge in [0.25, 0.3) is 0 Å². The van der Waals surface area contributed by atoms with Crippen molar-refractivity contribution in [2.24, 2.45) is 0 Å². The van der Waals surface area contributed by atoms with Gasteiger partial charge >= 0.3 is 5.97 Å². The number of para-hydroxylation sites is 1. The first-order chi connectivity index (χ1) is 6.66. The van der Waals surface area contributed by atoms with Gasteiger partial charge in [0.2, 0.25) is 0 Å². The zero-order valence-corrected chi connectivity index (χ0v) is 8.73. The highest BCUT2D eigenvalue weighted by Crippen LogP contribution is 2.14. The molecule has 1 rings (SSSR count). The lowest BCUT2D eigenvalue weighted by atomic mass is 10.2. The van der Waals surface area contributed by atoms with Crippen molar-refractivity contribution in [2.45, 2.75) is 13.0 Å². The van der Waals surface area contributed by atoms with Crippen LogP contribution in [0.15, 0.2) is 30.3 Å². The number of hydrogen-bond acceptors (Lipinski definition) is 3. The second kappa shape index (κ2) is 4.65. The number of benzene rings is 1. The van der Waals surface area contributed by atoms with E-state index >= 15 is 0 Å². The molecule has 0 saturated heterocycles. The maximum absolute atomic E-state index is 11.3. The lowest BCUT2D eigenvalue weighted by Gasteiger charge is -2.24. The van der Waals surface area contributed by atoms with E-state index in [2.05, 4.69) is 4.74 Å². The summed E-state index contributed by atoms with van der Waals surface area (Å²) in [4.78, 5) is 13.1. The molecule has 1 atom stereocenters. The fourth-order valence-electron chi connectivity index (χ4n) is 1.22. The molecule has 0 aromatic heterocycles. The van der Waals surface area contributed by atoms with Crippen LogP contribution in [0, 0.1) is 0 Å². The van der Waals surface area contributed by atoms with Gasteiger partial charge < -0.3 is 9.64 Å². The first-order valence-electron chi connectivity index (χ1n) is 4.52. The summed E-state index contributed by atoms with van der Waals surface area (Å²) in [5, 5.41) is 0. The molecule has 0 aliphatic rings. The standard InChI is InChI=1S/C11H15NO2/c1-9(11(13)14-3)12(2)10-7-5-4-6-8-10/h4-9H,1-3H3. The molecule has 0 saturated carbocycles. The van der Waals surface area contributed by atoms with Crippen LogP contribution in [0.2, 0.25) is 0 Å². The summed E-state index contributed by atoms with van der Waals surface area (Å²) in [5.74, 6) is -0.226. The summed E-state index contributed by atoms with van der Waals surface area (Å²) >= 11 is 0. The Labute approximate surface area is 84.3 Å². The van der Waals surface area contributed by atoms with Crippen molar-refractivity contribution in [3.63, 3.8) is 0 Å². The minimum Gasteiger partial charge on any atom is -0.467 e. The highest BCUT2D eigenvalue weighted by Gasteiger charge is 2.18.